The Hall–Kier alpha value is -2.78. The van der Waals surface area contributed by atoms with Crippen LogP contribution in [0.2, 0.25) is 0 Å². The second kappa shape index (κ2) is 5.91. The van der Waals surface area contributed by atoms with E-state index in [-0.39, 0.29) is 36.6 Å². The Balaban J connectivity index is 2.01. The molecule has 20 heavy (non-hydrogen) atoms. The zero-order valence-corrected chi connectivity index (χ0v) is 10.7. The molecule has 2 rings (SSSR count). The van der Waals surface area contributed by atoms with Gasteiger partial charge in [0, 0.05) is 13.8 Å². The molecule has 0 radical (unpaired) electrons. The molecule has 0 aliphatic rings. The fourth-order valence-corrected chi connectivity index (χ4v) is 1.14. The third kappa shape index (κ3) is 3.60. The van der Waals surface area contributed by atoms with Crippen molar-refractivity contribution in [2.24, 2.45) is 0 Å². The molecule has 0 aromatic carbocycles. The molecular weight excluding hydrogens is 272 g/mol. The van der Waals surface area contributed by atoms with Crippen LogP contribution in [0.1, 0.15) is 25.6 Å². The molecule has 2 aromatic rings. The van der Waals surface area contributed by atoms with Crippen LogP contribution in [0, 0.1) is 0 Å². The molecule has 0 fully saturated rings. The van der Waals surface area contributed by atoms with Crippen LogP contribution in [0.3, 0.4) is 0 Å². The van der Waals surface area contributed by atoms with Crippen LogP contribution in [0.4, 0.5) is 0 Å². The SMILES string of the molecule is CC(=O)OCc1nc(-c2noc(COC(C)=O)n2)no1. The predicted octanol–water partition coefficient (Wildman–Crippen LogP) is 0.246. The molecular formula is C10H10N4O6. The predicted molar refractivity (Wildman–Crippen MR) is 58.5 cm³/mol. The summed E-state index contributed by atoms with van der Waals surface area (Å²) in [4.78, 5) is 29.1. The molecule has 0 aliphatic heterocycles. The van der Waals surface area contributed by atoms with Crippen molar-refractivity contribution in [3.05, 3.63) is 11.8 Å². The lowest BCUT2D eigenvalue weighted by Gasteiger charge is -1.93. The number of carbonyl (C=O) groups is 2. The Morgan fingerprint density at radius 2 is 1.30 bits per heavy atom. The maximum atomic E-state index is 10.6. The van der Waals surface area contributed by atoms with E-state index in [1.165, 1.54) is 13.8 Å². The third-order valence-electron chi connectivity index (χ3n) is 1.93. The van der Waals surface area contributed by atoms with Gasteiger partial charge in [-0.1, -0.05) is 10.3 Å². The van der Waals surface area contributed by atoms with Crippen molar-refractivity contribution >= 4 is 11.9 Å². The van der Waals surface area contributed by atoms with E-state index in [0.29, 0.717) is 0 Å². The highest BCUT2D eigenvalue weighted by atomic mass is 16.6. The standard InChI is InChI=1S/C10H10N4O6/c1-5(15)17-3-7-11-9(13-19-7)10-12-8(20-14-10)4-18-6(2)16/h3-4H2,1-2H3. The molecule has 0 saturated carbocycles. The van der Waals surface area contributed by atoms with E-state index >= 15 is 0 Å². The first-order valence-electron chi connectivity index (χ1n) is 5.47. The molecule has 0 N–H and O–H groups in total. The Kier molecular flexibility index (Phi) is 4.03. The summed E-state index contributed by atoms with van der Waals surface area (Å²) >= 11 is 0. The Morgan fingerprint density at radius 1 is 0.900 bits per heavy atom. The van der Waals surface area contributed by atoms with Gasteiger partial charge in [0.1, 0.15) is 0 Å². The molecule has 0 amide bonds. The minimum atomic E-state index is -0.465. The molecule has 0 aliphatic carbocycles. The van der Waals surface area contributed by atoms with Gasteiger partial charge in [0.25, 0.3) is 11.8 Å². The molecule has 106 valence electrons. The molecule has 0 spiro atoms. The quantitative estimate of drug-likeness (QED) is 0.702. The molecule has 2 aromatic heterocycles. The maximum Gasteiger partial charge on any atom is 0.303 e. The van der Waals surface area contributed by atoms with E-state index in [1.54, 1.807) is 0 Å². The number of hydrogen-bond donors (Lipinski definition) is 0. The number of esters is 2. The summed E-state index contributed by atoms with van der Waals surface area (Å²) in [5.74, 6) is -0.584. The summed E-state index contributed by atoms with van der Waals surface area (Å²) in [5.41, 5.74) is 0. The lowest BCUT2D eigenvalue weighted by atomic mass is 10.5. The highest BCUT2D eigenvalue weighted by Crippen LogP contribution is 2.12. The zero-order valence-electron chi connectivity index (χ0n) is 10.7. The largest absolute Gasteiger partial charge is 0.456 e. The topological polar surface area (TPSA) is 130 Å². The van der Waals surface area contributed by atoms with E-state index in [1.807, 2.05) is 0 Å². The Labute approximate surface area is 112 Å². The molecule has 0 unspecified atom stereocenters. The smallest absolute Gasteiger partial charge is 0.303 e. The molecule has 10 nitrogen and oxygen atoms in total. The zero-order chi connectivity index (χ0) is 14.5. The van der Waals surface area contributed by atoms with Gasteiger partial charge in [0.05, 0.1) is 0 Å². The number of rotatable bonds is 5. The van der Waals surface area contributed by atoms with E-state index < -0.39 is 11.9 Å². The van der Waals surface area contributed by atoms with Gasteiger partial charge in [-0.25, -0.2) is 0 Å². The van der Waals surface area contributed by atoms with Gasteiger partial charge in [0.2, 0.25) is 11.6 Å². The van der Waals surface area contributed by atoms with Crippen LogP contribution in [0.15, 0.2) is 9.05 Å². The van der Waals surface area contributed by atoms with Crippen molar-refractivity contribution in [2.45, 2.75) is 27.1 Å². The van der Waals surface area contributed by atoms with Crippen LogP contribution in [-0.2, 0) is 32.3 Å². The van der Waals surface area contributed by atoms with Crippen LogP contribution >= 0.6 is 0 Å². The van der Waals surface area contributed by atoms with Crippen molar-refractivity contribution < 1.29 is 28.1 Å². The van der Waals surface area contributed by atoms with Crippen molar-refractivity contribution in [1.29, 1.82) is 0 Å². The number of nitrogens with zero attached hydrogens (tertiary/aromatic N) is 4. The first-order chi connectivity index (χ1) is 9.54. The Bertz CT molecular complexity index is 565. The van der Waals surface area contributed by atoms with Crippen LogP contribution in [0.25, 0.3) is 11.6 Å². The fourth-order valence-electron chi connectivity index (χ4n) is 1.14. The summed E-state index contributed by atoms with van der Waals surface area (Å²) in [6, 6.07) is 0. The van der Waals surface area contributed by atoms with Gasteiger partial charge in [-0.3, -0.25) is 9.59 Å². The summed E-state index contributed by atoms with van der Waals surface area (Å²) < 4.78 is 19.0. The lowest BCUT2D eigenvalue weighted by Crippen LogP contribution is -1.99. The average molecular weight is 282 g/mol. The molecule has 0 bridgehead atoms. The molecule has 2 heterocycles. The molecule has 0 atom stereocenters. The minimum Gasteiger partial charge on any atom is -0.456 e. The summed E-state index contributed by atoms with van der Waals surface area (Å²) in [6.07, 6.45) is 0. The van der Waals surface area contributed by atoms with E-state index in [4.69, 9.17) is 18.5 Å². The first-order valence-corrected chi connectivity index (χ1v) is 5.47. The van der Waals surface area contributed by atoms with Gasteiger partial charge in [0.15, 0.2) is 13.2 Å². The Morgan fingerprint density at radius 3 is 1.65 bits per heavy atom. The monoisotopic (exact) mass is 282 g/mol. The highest BCUT2D eigenvalue weighted by molar-refractivity contribution is 5.66. The van der Waals surface area contributed by atoms with E-state index in [2.05, 4.69) is 20.3 Å². The van der Waals surface area contributed by atoms with Gasteiger partial charge < -0.3 is 18.5 Å². The van der Waals surface area contributed by atoms with Crippen molar-refractivity contribution in [3.63, 3.8) is 0 Å². The second-order valence-electron chi connectivity index (χ2n) is 3.58. The van der Waals surface area contributed by atoms with E-state index in [0.717, 1.165) is 0 Å². The second-order valence-corrected chi connectivity index (χ2v) is 3.58. The fraction of sp³-hybridized carbons (Fsp3) is 0.400. The summed E-state index contributed by atoms with van der Waals surface area (Å²) in [5, 5.41) is 7.21. The highest BCUT2D eigenvalue weighted by Gasteiger charge is 2.16. The number of aromatic nitrogens is 4. The normalized spacial score (nSPS) is 10.3. The first kappa shape index (κ1) is 13.6. The maximum absolute atomic E-state index is 10.6. The minimum absolute atomic E-state index is 0.0741. The molecule has 10 heteroatoms. The number of ether oxygens (including phenoxy) is 2. The average Bonchev–Trinajstić information content (AvgIpc) is 3.02. The van der Waals surface area contributed by atoms with Gasteiger partial charge in [-0.05, 0) is 0 Å². The lowest BCUT2D eigenvalue weighted by molar-refractivity contribution is -0.143. The summed E-state index contributed by atoms with van der Waals surface area (Å²) in [7, 11) is 0. The van der Waals surface area contributed by atoms with Crippen LogP contribution in [0.5, 0.6) is 0 Å². The van der Waals surface area contributed by atoms with Gasteiger partial charge in [-0.15, -0.1) is 0 Å². The van der Waals surface area contributed by atoms with Crippen molar-refractivity contribution in [1.82, 2.24) is 20.3 Å². The van der Waals surface area contributed by atoms with Crippen LogP contribution in [-0.4, -0.2) is 32.2 Å². The van der Waals surface area contributed by atoms with Gasteiger partial charge >= 0.3 is 11.9 Å². The molecule has 0 saturated heterocycles. The van der Waals surface area contributed by atoms with E-state index in [9.17, 15) is 9.59 Å². The number of hydrogen-bond acceptors (Lipinski definition) is 10. The van der Waals surface area contributed by atoms with Crippen LogP contribution < -0.4 is 0 Å². The third-order valence-corrected chi connectivity index (χ3v) is 1.93. The van der Waals surface area contributed by atoms with Gasteiger partial charge in [-0.2, -0.15) is 9.97 Å². The van der Waals surface area contributed by atoms with Crippen molar-refractivity contribution in [2.75, 3.05) is 0 Å². The van der Waals surface area contributed by atoms with Crippen molar-refractivity contribution in [3.8, 4) is 11.6 Å². The summed E-state index contributed by atoms with van der Waals surface area (Å²) in [6.45, 7) is 2.25. The number of carbonyl (C=O) groups excluding carboxylic acids is 2.